The van der Waals surface area contributed by atoms with E-state index >= 15 is 0 Å². The minimum atomic E-state index is -0.160. The Kier molecular flexibility index (Phi) is 17.7. The van der Waals surface area contributed by atoms with E-state index in [1.165, 1.54) is 11.9 Å². The molecule has 1 saturated heterocycles. The van der Waals surface area contributed by atoms with Crippen molar-refractivity contribution in [3.05, 3.63) is 23.5 Å². The molecule has 8 nitrogen and oxygen atoms in total. The van der Waals surface area contributed by atoms with Crippen molar-refractivity contribution in [2.24, 2.45) is 9.98 Å². The Morgan fingerprint density at radius 2 is 2.07 bits per heavy atom. The number of carbonyl (C=O) groups is 1. The number of carbonyl (C=O) groups excluding carboxylic acids is 1. The predicted molar refractivity (Wildman–Crippen MR) is 120 cm³/mol. The van der Waals surface area contributed by atoms with Gasteiger partial charge < -0.3 is 25.4 Å². The third kappa shape index (κ3) is 17.6. The number of amides is 1. The van der Waals surface area contributed by atoms with Crippen molar-refractivity contribution in [2.75, 3.05) is 40.1 Å². The number of nitrogens with zero attached hydrogens (tertiary/aromatic N) is 2. The molecule has 0 aromatic rings. The number of allylic oxidation sites excluding steroid dienone is 3. The van der Waals surface area contributed by atoms with Gasteiger partial charge in [-0.2, -0.15) is 0 Å². The van der Waals surface area contributed by atoms with Crippen LogP contribution in [0.15, 0.2) is 33.5 Å². The van der Waals surface area contributed by atoms with Crippen molar-refractivity contribution in [1.29, 1.82) is 0 Å². The molecule has 0 aromatic carbocycles. The predicted octanol–water partition coefficient (Wildman–Crippen LogP) is 2.39. The molecule has 0 spiro atoms. The lowest BCUT2D eigenvalue weighted by Crippen LogP contribution is -2.26. The summed E-state index contributed by atoms with van der Waals surface area (Å²) in [6.45, 7) is 10.8. The quantitative estimate of drug-likeness (QED) is 0.199. The lowest BCUT2D eigenvalue weighted by molar-refractivity contribution is -0.118. The second kappa shape index (κ2) is 19.1. The van der Waals surface area contributed by atoms with E-state index in [9.17, 15) is 4.79 Å². The van der Waals surface area contributed by atoms with Crippen LogP contribution >= 0.6 is 0 Å². The highest BCUT2D eigenvalue weighted by Gasteiger charge is 2.14. The maximum atomic E-state index is 11.4. The standard InChI is InChI=1S/C13H24N4O3.C8H15N/c1-11(6-14-2)17-13(18)7-15-9-16-10-19-8-12-4-3-5-20-12;1-4-6-8(3)7-9-5-2/h6,9,12,14H,3-5,7-8,10H2,1-2H3,(H,15,16)(H,17,18);6-7H,4-5H2,1-3H3/b11-6+;8-6-,9-7?. The van der Waals surface area contributed by atoms with Gasteiger partial charge in [0.2, 0.25) is 5.91 Å². The summed E-state index contributed by atoms with van der Waals surface area (Å²) in [6, 6.07) is 0. The zero-order chi connectivity index (χ0) is 21.7. The minimum absolute atomic E-state index is 0.0770. The molecular weight excluding hydrogens is 370 g/mol. The molecule has 1 amide bonds. The van der Waals surface area contributed by atoms with Gasteiger partial charge in [0.15, 0.2) is 0 Å². The van der Waals surface area contributed by atoms with E-state index in [-0.39, 0.29) is 18.6 Å². The van der Waals surface area contributed by atoms with Crippen LogP contribution in [-0.4, -0.2) is 64.6 Å². The molecule has 0 radical (unpaired) electrons. The van der Waals surface area contributed by atoms with Crippen LogP contribution in [0.1, 0.15) is 47.0 Å². The third-order valence-corrected chi connectivity index (χ3v) is 3.63. The number of rotatable bonds is 12. The molecule has 1 fully saturated rings. The Morgan fingerprint density at radius 3 is 2.69 bits per heavy atom. The van der Waals surface area contributed by atoms with Gasteiger partial charge in [0, 0.05) is 38.3 Å². The molecule has 29 heavy (non-hydrogen) atoms. The summed E-state index contributed by atoms with van der Waals surface area (Å²) < 4.78 is 10.8. The molecule has 1 rings (SSSR count). The largest absolute Gasteiger partial charge is 0.393 e. The van der Waals surface area contributed by atoms with Crippen LogP contribution < -0.4 is 16.0 Å². The van der Waals surface area contributed by atoms with Gasteiger partial charge >= 0.3 is 0 Å². The van der Waals surface area contributed by atoms with Gasteiger partial charge in [0.05, 0.1) is 19.0 Å². The minimum Gasteiger partial charge on any atom is -0.393 e. The second-order valence-corrected chi connectivity index (χ2v) is 6.47. The summed E-state index contributed by atoms with van der Waals surface area (Å²) in [5.41, 5.74) is 2.01. The first-order valence-corrected chi connectivity index (χ1v) is 10.2. The summed E-state index contributed by atoms with van der Waals surface area (Å²) >= 11 is 0. The summed E-state index contributed by atoms with van der Waals surface area (Å²) in [4.78, 5) is 19.5. The maximum Gasteiger partial charge on any atom is 0.245 e. The molecule has 1 aliphatic rings. The molecule has 0 aromatic heterocycles. The third-order valence-electron chi connectivity index (χ3n) is 3.63. The van der Waals surface area contributed by atoms with Gasteiger partial charge in [-0.3, -0.25) is 14.8 Å². The van der Waals surface area contributed by atoms with Crippen molar-refractivity contribution in [2.45, 2.75) is 53.1 Å². The van der Waals surface area contributed by atoms with E-state index in [0.717, 1.165) is 38.1 Å². The summed E-state index contributed by atoms with van der Waals surface area (Å²) in [5, 5.41) is 8.39. The first kappa shape index (κ1) is 26.8. The lowest BCUT2D eigenvalue weighted by Gasteiger charge is -2.09. The van der Waals surface area contributed by atoms with E-state index in [1.54, 1.807) is 20.2 Å². The smallest absolute Gasteiger partial charge is 0.245 e. The molecule has 0 aliphatic carbocycles. The molecule has 1 heterocycles. The van der Waals surface area contributed by atoms with Crippen molar-refractivity contribution < 1.29 is 14.3 Å². The summed E-state index contributed by atoms with van der Waals surface area (Å²) in [5.74, 6) is -0.160. The zero-order valence-electron chi connectivity index (χ0n) is 18.7. The second-order valence-electron chi connectivity index (χ2n) is 6.47. The molecule has 0 saturated carbocycles. The fourth-order valence-electron chi connectivity index (χ4n) is 2.38. The molecule has 166 valence electrons. The van der Waals surface area contributed by atoms with Crippen LogP contribution in [0.2, 0.25) is 0 Å². The van der Waals surface area contributed by atoms with Crippen LogP contribution in [0.4, 0.5) is 0 Å². The fraction of sp³-hybridized carbons (Fsp3) is 0.667. The average molecular weight is 410 g/mol. The molecule has 1 atom stereocenters. The van der Waals surface area contributed by atoms with E-state index in [4.69, 9.17) is 9.47 Å². The van der Waals surface area contributed by atoms with Crippen molar-refractivity contribution in [1.82, 2.24) is 16.0 Å². The van der Waals surface area contributed by atoms with Gasteiger partial charge in [0.25, 0.3) is 0 Å². The summed E-state index contributed by atoms with van der Waals surface area (Å²) in [6.07, 6.45) is 10.8. The molecule has 8 heteroatoms. The van der Waals surface area contributed by atoms with Gasteiger partial charge in [-0.25, -0.2) is 0 Å². The first-order chi connectivity index (χ1) is 14.0. The van der Waals surface area contributed by atoms with Crippen LogP contribution in [0.3, 0.4) is 0 Å². The number of aliphatic imine (C=N–C) groups is 2. The average Bonchev–Trinajstić information content (AvgIpc) is 3.20. The maximum absolute atomic E-state index is 11.4. The Hall–Kier alpha value is -2.19. The van der Waals surface area contributed by atoms with E-state index in [1.807, 2.05) is 13.1 Å². The fourth-order valence-corrected chi connectivity index (χ4v) is 2.38. The first-order valence-electron chi connectivity index (χ1n) is 10.2. The number of ether oxygens (including phenoxy) is 2. The Balaban J connectivity index is 0.000000734. The van der Waals surface area contributed by atoms with Gasteiger partial charge in [-0.05, 0) is 45.6 Å². The Bertz CT molecular complexity index is 538. The molecule has 1 aliphatic heterocycles. The monoisotopic (exact) mass is 409 g/mol. The van der Waals surface area contributed by atoms with Crippen LogP contribution in [-0.2, 0) is 14.3 Å². The van der Waals surface area contributed by atoms with Crippen molar-refractivity contribution in [3.63, 3.8) is 0 Å². The molecule has 1 unspecified atom stereocenters. The number of hydrogen-bond acceptors (Lipinski definition) is 6. The molecule has 0 bridgehead atoms. The number of nitrogens with one attached hydrogen (secondary N) is 3. The lowest BCUT2D eigenvalue weighted by atomic mass is 10.2. The van der Waals surface area contributed by atoms with Gasteiger partial charge in [-0.1, -0.05) is 13.0 Å². The van der Waals surface area contributed by atoms with E-state index in [0.29, 0.717) is 13.3 Å². The van der Waals surface area contributed by atoms with E-state index in [2.05, 4.69) is 45.9 Å². The Labute approximate surface area is 175 Å². The van der Waals surface area contributed by atoms with Crippen molar-refractivity contribution >= 4 is 18.5 Å². The van der Waals surface area contributed by atoms with Crippen LogP contribution in [0.25, 0.3) is 0 Å². The summed E-state index contributed by atoms with van der Waals surface area (Å²) in [7, 11) is 1.77. The molecular formula is C21H39N5O3. The van der Waals surface area contributed by atoms with Gasteiger partial charge in [0.1, 0.15) is 13.3 Å². The number of hydrogen-bond donors (Lipinski definition) is 3. The normalized spacial score (nSPS) is 17.3. The Morgan fingerprint density at radius 1 is 1.28 bits per heavy atom. The topological polar surface area (TPSA) is 96.3 Å². The van der Waals surface area contributed by atoms with Gasteiger partial charge in [-0.15, -0.1) is 0 Å². The van der Waals surface area contributed by atoms with Crippen LogP contribution in [0.5, 0.6) is 0 Å². The highest BCUT2D eigenvalue weighted by atomic mass is 16.5. The van der Waals surface area contributed by atoms with Crippen LogP contribution in [0, 0.1) is 0 Å². The highest BCUT2D eigenvalue weighted by Crippen LogP contribution is 2.11. The van der Waals surface area contributed by atoms with E-state index < -0.39 is 0 Å². The SMILES string of the molecule is CC/C=C(/C)C=NCC.CN/C=C(\C)NC(=O)CN=CNCOCC1CCCO1. The zero-order valence-corrected chi connectivity index (χ0v) is 18.7. The highest BCUT2D eigenvalue weighted by molar-refractivity contribution is 5.81. The van der Waals surface area contributed by atoms with Crippen molar-refractivity contribution in [3.8, 4) is 0 Å². The molecule has 3 N–H and O–H groups in total.